The topological polar surface area (TPSA) is 44.5 Å². The fraction of sp³-hybridized carbons (Fsp3) is 0.833. The molecule has 4 rings (SSSR count). The molecular weight excluding hydrogens is 623 g/mol. The lowest BCUT2D eigenvalue weighted by Gasteiger charge is -2.41. The van der Waals surface area contributed by atoms with E-state index < -0.39 is 0 Å². The standard InChI is InChI=1S/C48H83NO2/c1-3-5-7-9-11-13-15-17-19-21-23-25-27-29-31-33-35-48(36-34-32-30-28-26-24-22-20-18-16-14-12-10-8-6-4-2)50-46-39-42-41-37-44(45(49)38-41)43(42)40-47(46)51-48/h11-14,17-20,41-47H,3-10,15-16,21-40,49H2,1-2H3/b13-11-,14-12-,19-17-,20-18-/t41?,42?,43?,44?,45-,46-,47+/m1/s1. The maximum Gasteiger partial charge on any atom is 0.169 e. The van der Waals surface area contributed by atoms with E-state index in [0.29, 0.717) is 18.2 Å². The van der Waals surface area contributed by atoms with Crippen molar-refractivity contribution in [2.24, 2.45) is 29.4 Å². The molecule has 1 heterocycles. The Kier molecular flexibility index (Phi) is 21.5. The molecule has 51 heavy (non-hydrogen) atoms. The van der Waals surface area contributed by atoms with Crippen molar-refractivity contribution in [2.45, 2.75) is 231 Å². The SMILES string of the molecule is CCCCC/C=C\C/C=C\CCCCCCCCC1(CCCCCCCC/C=C\C/C=C\CCCCC)O[C@H]2CC3C(C[C@H]2O1)C1CC3[C@H](N)C1. The van der Waals surface area contributed by atoms with Gasteiger partial charge in [-0.1, -0.05) is 140 Å². The molecule has 3 saturated carbocycles. The summed E-state index contributed by atoms with van der Waals surface area (Å²) in [6.07, 6.45) is 58.0. The lowest BCUT2D eigenvalue weighted by molar-refractivity contribution is -0.186. The monoisotopic (exact) mass is 706 g/mol. The summed E-state index contributed by atoms with van der Waals surface area (Å²) >= 11 is 0. The van der Waals surface area contributed by atoms with Gasteiger partial charge in [0.25, 0.3) is 0 Å². The Bertz CT molecular complexity index is 949. The summed E-state index contributed by atoms with van der Waals surface area (Å²) in [5, 5.41) is 0. The van der Waals surface area contributed by atoms with Gasteiger partial charge in [-0.05, 0) is 126 Å². The molecule has 3 heteroatoms. The first kappa shape index (κ1) is 42.6. The average molecular weight is 706 g/mol. The molecule has 4 aliphatic rings. The normalized spacial score (nSPS) is 28.3. The molecule has 2 N–H and O–H groups in total. The van der Waals surface area contributed by atoms with Gasteiger partial charge in [0.15, 0.2) is 5.79 Å². The number of allylic oxidation sites excluding steroid dienone is 8. The zero-order valence-electron chi connectivity index (χ0n) is 33.8. The van der Waals surface area contributed by atoms with E-state index in [-0.39, 0.29) is 5.79 Å². The zero-order chi connectivity index (χ0) is 35.8. The summed E-state index contributed by atoms with van der Waals surface area (Å²) in [5.41, 5.74) is 6.58. The molecule has 292 valence electrons. The Morgan fingerprint density at radius 3 is 1.33 bits per heavy atom. The van der Waals surface area contributed by atoms with Gasteiger partial charge in [0.2, 0.25) is 0 Å². The van der Waals surface area contributed by atoms with Crippen LogP contribution in [0.15, 0.2) is 48.6 Å². The van der Waals surface area contributed by atoms with Crippen molar-refractivity contribution in [2.75, 3.05) is 0 Å². The predicted octanol–water partition coefficient (Wildman–Crippen LogP) is 14.3. The van der Waals surface area contributed by atoms with Gasteiger partial charge >= 0.3 is 0 Å². The molecule has 0 aromatic rings. The Morgan fingerprint density at radius 2 is 0.863 bits per heavy atom. The van der Waals surface area contributed by atoms with Gasteiger partial charge in [0.05, 0.1) is 12.2 Å². The summed E-state index contributed by atoms with van der Waals surface area (Å²) in [6.45, 7) is 4.55. The first-order chi connectivity index (χ1) is 25.2. The van der Waals surface area contributed by atoms with Crippen LogP contribution in [0.5, 0.6) is 0 Å². The van der Waals surface area contributed by atoms with Crippen LogP contribution >= 0.6 is 0 Å². The van der Waals surface area contributed by atoms with Crippen LogP contribution in [0.25, 0.3) is 0 Å². The molecule has 0 aromatic heterocycles. The highest BCUT2D eigenvalue weighted by atomic mass is 16.8. The highest BCUT2D eigenvalue weighted by Crippen LogP contribution is 2.59. The van der Waals surface area contributed by atoms with Crippen molar-refractivity contribution < 1.29 is 9.47 Å². The summed E-state index contributed by atoms with van der Waals surface area (Å²) in [4.78, 5) is 0. The quantitative estimate of drug-likeness (QED) is 0.0598. The summed E-state index contributed by atoms with van der Waals surface area (Å²) in [5.74, 6) is 2.93. The second-order valence-corrected chi connectivity index (χ2v) is 17.3. The molecule has 0 spiro atoms. The number of hydrogen-bond donors (Lipinski definition) is 1. The Balaban J connectivity index is 1.09. The number of unbranched alkanes of at least 4 members (excludes halogenated alkanes) is 18. The van der Waals surface area contributed by atoms with Crippen LogP contribution in [-0.2, 0) is 9.47 Å². The maximum atomic E-state index is 7.07. The van der Waals surface area contributed by atoms with Gasteiger partial charge < -0.3 is 15.2 Å². The number of fused-ring (bicyclic) bond motifs is 6. The fourth-order valence-corrected chi connectivity index (χ4v) is 10.2. The van der Waals surface area contributed by atoms with E-state index in [1.165, 1.54) is 167 Å². The third-order valence-corrected chi connectivity index (χ3v) is 13.1. The van der Waals surface area contributed by atoms with Crippen LogP contribution in [0.1, 0.15) is 206 Å². The largest absolute Gasteiger partial charge is 0.344 e. The number of ether oxygens (including phenoxy) is 2. The van der Waals surface area contributed by atoms with E-state index >= 15 is 0 Å². The van der Waals surface area contributed by atoms with E-state index in [4.69, 9.17) is 15.2 Å². The molecule has 3 nitrogen and oxygen atoms in total. The molecule has 2 bridgehead atoms. The number of hydrogen-bond acceptors (Lipinski definition) is 3. The Morgan fingerprint density at radius 1 is 0.451 bits per heavy atom. The van der Waals surface area contributed by atoms with Gasteiger partial charge in [-0.3, -0.25) is 0 Å². The number of rotatable bonds is 30. The number of nitrogens with two attached hydrogens (primary N) is 1. The average Bonchev–Trinajstić information content (AvgIpc) is 3.80. The summed E-state index contributed by atoms with van der Waals surface area (Å²) in [7, 11) is 0. The van der Waals surface area contributed by atoms with Crippen molar-refractivity contribution in [1.82, 2.24) is 0 Å². The van der Waals surface area contributed by atoms with E-state index in [0.717, 1.165) is 49.4 Å². The minimum absolute atomic E-state index is 0.312. The molecule has 4 unspecified atom stereocenters. The second kappa shape index (κ2) is 25.8. The first-order valence-corrected chi connectivity index (χ1v) is 22.9. The van der Waals surface area contributed by atoms with E-state index in [2.05, 4.69) is 62.5 Å². The Hall–Kier alpha value is -1.16. The van der Waals surface area contributed by atoms with E-state index in [1.807, 2.05) is 0 Å². The predicted molar refractivity (Wildman–Crippen MR) is 221 cm³/mol. The Labute approximate surface area is 317 Å². The van der Waals surface area contributed by atoms with Gasteiger partial charge in [0.1, 0.15) is 0 Å². The van der Waals surface area contributed by atoms with E-state index in [9.17, 15) is 0 Å². The highest BCUT2D eigenvalue weighted by molar-refractivity contribution is 5.08. The van der Waals surface area contributed by atoms with Crippen LogP contribution < -0.4 is 5.73 Å². The third-order valence-electron chi connectivity index (χ3n) is 13.1. The lowest BCUT2D eigenvalue weighted by Crippen LogP contribution is -2.45. The fourth-order valence-electron chi connectivity index (χ4n) is 10.2. The van der Waals surface area contributed by atoms with Gasteiger partial charge in [-0.2, -0.15) is 0 Å². The third kappa shape index (κ3) is 15.6. The van der Waals surface area contributed by atoms with Crippen LogP contribution in [-0.4, -0.2) is 24.0 Å². The smallest absolute Gasteiger partial charge is 0.169 e. The van der Waals surface area contributed by atoms with Gasteiger partial charge in [-0.25, -0.2) is 0 Å². The van der Waals surface area contributed by atoms with Crippen LogP contribution in [0.2, 0.25) is 0 Å². The molecule has 4 fully saturated rings. The molecule has 1 saturated heterocycles. The second-order valence-electron chi connectivity index (χ2n) is 17.3. The summed E-state index contributed by atoms with van der Waals surface area (Å²) < 4.78 is 14.1. The van der Waals surface area contributed by atoms with Crippen molar-refractivity contribution >= 4 is 0 Å². The highest BCUT2D eigenvalue weighted by Gasteiger charge is 2.59. The zero-order valence-corrected chi connectivity index (χ0v) is 33.8. The van der Waals surface area contributed by atoms with Gasteiger partial charge in [-0.15, -0.1) is 0 Å². The van der Waals surface area contributed by atoms with Crippen LogP contribution in [0.3, 0.4) is 0 Å². The molecular formula is C48H83NO2. The molecule has 3 aliphatic carbocycles. The van der Waals surface area contributed by atoms with Crippen molar-refractivity contribution in [3.05, 3.63) is 48.6 Å². The van der Waals surface area contributed by atoms with Crippen molar-refractivity contribution in [1.29, 1.82) is 0 Å². The first-order valence-electron chi connectivity index (χ1n) is 22.9. The van der Waals surface area contributed by atoms with Crippen molar-refractivity contribution in [3.63, 3.8) is 0 Å². The maximum absolute atomic E-state index is 7.07. The summed E-state index contributed by atoms with van der Waals surface area (Å²) in [6, 6.07) is 0.441. The minimum Gasteiger partial charge on any atom is -0.344 e. The molecule has 0 aromatic carbocycles. The lowest BCUT2D eigenvalue weighted by atomic mass is 9.68. The molecule has 1 aliphatic heterocycles. The molecule has 7 atom stereocenters. The molecule has 0 radical (unpaired) electrons. The van der Waals surface area contributed by atoms with Crippen LogP contribution in [0.4, 0.5) is 0 Å². The van der Waals surface area contributed by atoms with Crippen molar-refractivity contribution in [3.8, 4) is 0 Å². The molecule has 0 amide bonds. The van der Waals surface area contributed by atoms with Crippen LogP contribution in [0, 0.1) is 23.7 Å². The van der Waals surface area contributed by atoms with E-state index in [1.54, 1.807) is 0 Å². The van der Waals surface area contributed by atoms with Gasteiger partial charge in [0, 0.05) is 18.9 Å². The minimum atomic E-state index is -0.320.